The Morgan fingerprint density at radius 3 is 2.91 bits per heavy atom. The van der Waals surface area contributed by atoms with Crippen molar-refractivity contribution in [3.8, 4) is 0 Å². The summed E-state index contributed by atoms with van der Waals surface area (Å²) in [5.41, 5.74) is 5.73. The van der Waals surface area contributed by atoms with Crippen LogP contribution in [0, 0.1) is 9.10 Å². The van der Waals surface area contributed by atoms with Gasteiger partial charge in [-0.3, -0.25) is 4.57 Å². The van der Waals surface area contributed by atoms with Crippen molar-refractivity contribution >= 4 is 28.4 Å². The Bertz CT molecular complexity index is 662. The van der Waals surface area contributed by atoms with Gasteiger partial charge in [0.2, 0.25) is 0 Å². The van der Waals surface area contributed by atoms with Crippen molar-refractivity contribution in [1.29, 1.82) is 5.53 Å². The number of aliphatic hydroxyl groups excluding tert-OH is 2. The first-order valence-electron chi connectivity index (χ1n) is 5.97. The summed E-state index contributed by atoms with van der Waals surface area (Å²) in [6.07, 6.45) is -0.680. The van der Waals surface area contributed by atoms with Gasteiger partial charge in [0.05, 0.1) is 16.3 Å². The molecule has 0 spiro atoms. The topological polar surface area (TPSA) is 170 Å². The summed E-state index contributed by atoms with van der Waals surface area (Å²) in [7, 11) is 0. The highest BCUT2D eigenvalue weighted by molar-refractivity contribution is 14.1. The minimum Gasteiger partial charge on any atom is -0.394 e. The van der Waals surface area contributed by atoms with Gasteiger partial charge in [0.15, 0.2) is 5.82 Å². The van der Waals surface area contributed by atoms with Crippen LogP contribution in [-0.2, 0) is 4.74 Å². The molecular formula is C9H11IN8O4. The van der Waals surface area contributed by atoms with Crippen molar-refractivity contribution in [2.75, 3.05) is 6.61 Å². The lowest BCUT2D eigenvalue weighted by molar-refractivity contribution is -0.0459. The van der Waals surface area contributed by atoms with Crippen LogP contribution >= 0.6 is 22.6 Å². The molecule has 1 aliphatic rings. The van der Waals surface area contributed by atoms with Crippen molar-refractivity contribution in [3.05, 3.63) is 20.3 Å². The summed E-state index contributed by atoms with van der Waals surface area (Å²) in [5.74, 6) is 0.0306. The molecule has 2 rings (SSSR count). The zero-order valence-corrected chi connectivity index (χ0v) is 13.1. The third-order valence-electron chi connectivity index (χ3n) is 2.85. The average Bonchev–Trinajstić information content (AvgIpc) is 2.87. The van der Waals surface area contributed by atoms with Crippen molar-refractivity contribution in [2.45, 2.75) is 24.9 Å². The summed E-state index contributed by atoms with van der Waals surface area (Å²) in [4.78, 5) is 15.7. The molecule has 1 aliphatic heterocycles. The molecule has 0 aromatic carbocycles. The van der Waals surface area contributed by atoms with Crippen molar-refractivity contribution in [2.24, 2.45) is 26.0 Å². The molecule has 12 nitrogen and oxygen atoms in total. The van der Waals surface area contributed by atoms with Crippen LogP contribution in [0.1, 0.15) is 12.6 Å². The van der Waals surface area contributed by atoms with Gasteiger partial charge in [-0.2, -0.15) is 10.5 Å². The van der Waals surface area contributed by atoms with Crippen LogP contribution in [-0.4, -0.2) is 38.6 Å². The molecule has 0 bridgehead atoms. The fourth-order valence-electron chi connectivity index (χ4n) is 1.86. The van der Waals surface area contributed by atoms with Gasteiger partial charge >= 0.3 is 5.69 Å². The maximum atomic E-state index is 12.0. The second-order valence-corrected chi connectivity index (χ2v) is 5.35. The number of ether oxygens (including phenoxy) is 1. The van der Waals surface area contributed by atoms with E-state index in [1.807, 2.05) is 22.6 Å². The molecule has 0 amide bonds. The number of aliphatic hydroxyl groups is 2. The van der Waals surface area contributed by atoms with Gasteiger partial charge in [0.25, 0.3) is 0 Å². The Balaban J connectivity index is 2.24. The number of halogens is 1. The molecule has 0 radical (unpaired) electrons. The molecule has 1 aromatic rings. The molecule has 1 fully saturated rings. The Morgan fingerprint density at radius 2 is 2.27 bits per heavy atom. The number of hydrogen-bond donors (Lipinski definition) is 3. The minimum absolute atomic E-state index is 0.0306. The second-order valence-electron chi connectivity index (χ2n) is 4.19. The van der Waals surface area contributed by atoms with Gasteiger partial charge in [-0.25, -0.2) is 4.79 Å². The van der Waals surface area contributed by atoms with E-state index in [9.17, 15) is 9.90 Å². The molecule has 0 aliphatic carbocycles. The van der Waals surface area contributed by atoms with E-state index in [4.69, 9.17) is 15.4 Å². The molecule has 1 aromatic heterocycles. The van der Waals surface area contributed by atoms with Crippen molar-refractivity contribution in [1.82, 2.24) is 9.55 Å². The first kappa shape index (κ1) is 16.7. The Hall–Kier alpha value is -1.71. The van der Waals surface area contributed by atoms with Crippen LogP contribution in [0.15, 0.2) is 37.0 Å². The summed E-state index contributed by atoms with van der Waals surface area (Å²) >= 11 is 1.89. The predicted octanol–water partition coefficient (Wildman–Crippen LogP) is 0.885. The first-order valence-corrected chi connectivity index (χ1v) is 7.05. The number of rotatable bonds is 5. The molecule has 3 atom stereocenters. The quantitative estimate of drug-likeness (QED) is 0.363. The maximum absolute atomic E-state index is 12.0. The highest BCUT2D eigenvalue weighted by Crippen LogP contribution is 2.28. The third kappa shape index (κ3) is 3.73. The summed E-state index contributed by atoms with van der Waals surface area (Å²) < 4.78 is 7.10. The Kier molecular flexibility index (Phi) is 5.69. The van der Waals surface area contributed by atoms with E-state index in [0.717, 1.165) is 0 Å². The molecular weight excluding hydrogens is 411 g/mol. The average molecular weight is 422 g/mol. The molecule has 13 heteroatoms. The fraction of sp³-hybridized carbons (Fsp3) is 0.556. The minimum atomic E-state index is -0.854. The molecule has 3 unspecified atom stereocenters. The van der Waals surface area contributed by atoms with Crippen LogP contribution in [0.25, 0.3) is 0 Å². The highest BCUT2D eigenvalue weighted by atomic mass is 127. The first-order chi connectivity index (χ1) is 10.6. The van der Waals surface area contributed by atoms with E-state index in [-0.39, 0.29) is 18.8 Å². The lowest BCUT2D eigenvalue weighted by Crippen LogP contribution is -2.27. The lowest BCUT2D eigenvalue weighted by atomic mass is 10.2. The smallest absolute Gasteiger partial charge is 0.351 e. The standard InChI is InChI=1S/C9H11IN8O4/c10-4-2-18(7-1-5(20)6(3-19)22-7)9(21)12-8(4)13-15-17-16-14-11/h2,5-7,11,19-20H,1,3H2. The van der Waals surface area contributed by atoms with Crippen LogP contribution in [0.3, 0.4) is 0 Å². The summed E-state index contributed by atoms with van der Waals surface area (Å²) in [6, 6.07) is 0. The largest absolute Gasteiger partial charge is 0.394 e. The van der Waals surface area contributed by atoms with Crippen molar-refractivity contribution in [3.63, 3.8) is 0 Å². The van der Waals surface area contributed by atoms with E-state index in [1.165, 1.54) is 10.8 Å². The highest BCUT2D eigenvalue weighted by Gasteiger charge is 2.35. The fourth-order valence-corrected chi connectivity index (χ4v) is 2.39. The molecule has 0 saturated carbocycles. The van der Waals surface area contributed by atoms with Gasteiger partial charge in [0, 0.05) is 12.6 Å². The third-order valence-corrected chi connectivity index (χ3v) is 3.61. The zero-order valence-electron chi connectivity index (χ0n) is 10.9. The SMILES string of the molecule is N=NN=NN=Nc1nc(=O)n(C2CC(O)C(CO)O2)cc1I. The Labute approximate surface area is 136 Å². The van der Waals surface area contributed by atoms with E-state index in [1.54, 1.807) is 0 Å². The van der Waals surface area contributed by atoms with E-state index >= 15 is 0 Å². The number of nitrogens with zero attached hydrogens (tertiary/aromatic N) is 7. The number of hydrogen-bond acceptors (Lipinski definition) is 7. The lowest BCUT2D eigenvalue weighted by Gasteiger charge is -2.14. The van der Waals surface area contributed by atoms with Crippen LogP contribution < -0.4 is 5.69 Å². The summed E-state index contributed by atoms with van der Waals surface area (Å²) in [6.45, 7) is -0.338. The second kappa shape index (κ2) is 7.52. The molecule has 2 heterocycles. The van der Waals surface area contributed by atoms with Gasteiger partial charge in [-0.1, -0.05) is 0 Å². The molecule has 1 saturated heterocycles. The monoisotopic (exact) mass is 422 g/mol. The normalized spacial score (nSPS) is 25.3. The molecule has 22 heavy (non-hydrogen) atoms. The Morgan fingerprint density at radius 1 is 1.50 bits per heavy atom. The van der Waals surface area contributed by atoms with Crippen LogP contribution in [0.5, 0.6) is 0 Å². The van der Waals surface area contributed by atoms with E-state index in [2.05, 4.69) is 31.0 Å². The van der Waals surface area contributed by atoms with E-state index in [0.29, 0.717) is 3.57 Å². The van der Waals surface area contributed by atoms with Crippen LogP contribution in [0.2, 0.25) is 0 Å². The van der Waals surface area contributed by atoms with Gasteiger partial charge in [0.1, 0.15) is 12.3 Å². The summed E-state index contributed by atoms with van der Waals surface area (Å²) in [5, 5.41) is 34.2. The molecule has 3 N–H and O–H groups in total. The van der Waals surface area contributed by atoms with Crippen LogP contribution in [0.4, 0.5) is 5.82 Å². The maximum Gasteiger partial charge on any atom is 0.351 e. The molecule has 118 valence electrons. The van der Waals surface area contributed by atoms with Gasteiger partial charge < -0.3 is 14.9 Å². The number of aromatic nitrogens is 2. The number of nitrogens with one attached hydrogen (secondary N) is 1. The predicted molar refractivity (Wildman–Crippen MR) is 77.4 cm³/mol. The van der Waals surface area contributed by atoms with Gasteiger partial charge in [-0.05, 0) is 43.5 Å². The van der Waals surface area contributed by atoms with Crippen molar-refractivity contribution < 1.29 is 14.9 Å². The van der Waals surface area contributed by atoms with E-state index < -0.39 is 24.1 Å². The zero-order chi connectivity index (χ0) is 16.1. The van der Waals surface area contributed by atoms with Gasteiger partial charge in [-0.15, -0.1) is 5.11 Å².